The summed E-state index contributed by atoms with van der Waals surface area (Å²) in [5.41, 5.74) is 3.36. The standard InChI is InChI=1S/C9H5F3NO.3C7H7.Sn/c10-9(11,12)6-1-2-7-5(3-6)4-13-8(7)14;3*1-7-5-3-2-4-6-7;/h2-3H,4H2,(H,13,14);3*2-6H,1H2;. The molecule has 0 saturated heterocycles. The van der Waals surface area contributed by atoms with Crippen molar-refractivity contribution in [2.24, 2.45) is 0 Å². The van der Waals surface area contributed by atoms with Gasteiger partial charge in [-0.1, -0.05) is 0 Å². The molecule has 182 valence electrons. The van der Waals surface area contributed by atoms with E-state index in [1.807, 2.05) is 91.0 Å². The molecule has 0 saturated carbocycles. The summed E-state index contributed by atoms with van der Waals surface area (Å²) in [6.45, 7) is 0.135. The first-order valence-electron chi connectivity index (χ1n) is 12.0. The van der Waals surface area contributed by atoms with Crippen LogP contribution in [0.25, 0.3) is 0 Å². The van der Waals surface area contributed by atoms with Crippen molar-refractivity contribution in [3.8, 4) is 0 Å². The van der Waals surface area contributed by atoms with Crippen molar-refractivity contribution < 1.29 is 18.0 Å². The van der Waals surface area contributed by atoms with E-state index in [1.54, 1.807) is 6.07 Å². The average molecular weight is 592 g/mol. The quantitative estimate of drug-likeness (QED) is 0.264. The summed E-state index contributed by atoms with van der Waals surface area (Å²) in [7, 11) is 0. The van der Waals surface area contributed by atoms with Gasteiger partial charge in [-0.15, -0.1) is 0 Å². The fraction of sp³-hybridized carbons (Fsp3) is 0.167. The van der Waals surface area contributed by atoms with Crippen molar-refractivity contribution in [2.75, 3.05) is 0 Å². The average Bonchev–Trinajstić information content (AvgIpc) is 3.24. The summed E-state index contributed by atoms with van der Waals surface area (Å²) in [6, 6.07) is 32.3. The number of nitrogens with one attached hydrogen (secondary N) is 1. The molecule has 0 fully saturated rings. The molecule has 0 unspecified atom stereocenters. The van der Waals surface area contributed by atoms with E-state index >= 15 is 0 Å². The molecule has 0 radical (unpaired) electrons. The first-order valence-corrected chi connectivity index (χ1v) is 19.5. The molecule has 0 spiro atoms. The number of halogens is 3. The molecule has 0 aromatic heterocycles. The van der Waals surface area contributed by atoms with Gasteiger partial charge in [0.1, 0.15) is 0 Å². The number of hydrogen-bond acceptors (Lipinski definition) is 1. The molecule has 1 aliphatic heterocycles. The first kappa shape index (κ1) is 24.6. The second-order valence-electron chi connectivity index (χ2n) is 9.50. The van der Waals surface area contributed by atoms with Crippen LogP contribution >= 0.6 is 0 Å². The van der Waals surface area contributed by atoms with Gasteiger partial charge in [-0.2, -0.15) is 0 Å². The zero-order chi connectivity index (χ0) is 25.2. The fourth-order valence-corrected chi connectivity index (χ4v) is 20.3. The van der Waals surface area contributed by atoms with E-state index in [2.05, 4.69) is 5.32 Å². The monoisotopic (exact) mass is 593 g/mol. The molecule has 2 nitrogen and oxygen atoms in total. The topological polar surface area (TPSA) is 29.1 Å². The molecule has 4 aromatic carbocycles. The summed E-state index contributed by atoms with van der Waals surface area (Å²) >= 11 is -4.08. The van der Waals surface area contributed by atoms with Crippen molar-refractivity contribution >= 4 is 27.9 Å². The van der Waals surface area contributed by atoms with Gasteiger partial charge in [0.05, 0.1) is 0 Å². The third-order valence-electron chi connectivity index (χ3n) is 6.96. The van der Waals surface area contributed by atoms with Crippen LogP contribution in [0.3, 0.4) is 0 Å². The molecule has 0 aliphatic carbocycles. The van der Waals surface area contributed by atoms with Crippen molar-refractivity contribution in [1.29, 1.82) is 0 Å². The van der Waals surface area contributed by atoms with Crippen LogP contribution in [0.2, 0.25) is 0 Å². The third-order valence-corrected chi connectivity index (χ3v) is 20.7. The number of rotatable bonds is 7. The van der Waals surface area contributed by atoms with E-state index < -0.39 is 30.1 Å². The molecular formula is C30H26F3NOSn. The SMILES string of the molecule is O=C1NCc2cc(C(F)(F)F)[c]([Sn]([CH2]c3ccccc3)([CH2]c3ccccc3)[CH2]c3ccccc3)cc21. The minimum atomic E-state index is -4.51. The minimum absolute atomic E-state index is 0.135. The van der Waals surface area contributed by atoms with Crippen LogP contribution in [0, 0.1) is 0 Å². The zero-order valence-electron chi connectivity index (χ0n) is 19.7. The van der Waals surface area contributed by atoms with Crippen LogP contribution in [-0.2, 0) is 26.0 Å². The van der Waals surface area contributed by atoms with Crippen LogP contribution in [0.5, 0.6) is 0 Å². The van der Waals surface area contributed by atoms with Crippen LogP contribution in [0.15, 0.2) is 103 Å². The summed E-state index contributed by atoms with van der Waals surface area (Å²) < 4.78 is 46.2. The van der Waals surface area contributed by atoms with Crippen LogP contribution in [-0.4, -0.2) is 24.3 Å². The molecule has 5 rings (SSSR count). The van der Waals surface area contributed by atoms with Crippen LogP contribution < -0.4 is 8.90 Å². The molecule has 1 amide bonds. The maximum absolute atomic E-state index is 14.7. The molecular weight excluding hydrogens is 566 g/mol. The number of carbonyl (C=O) groups is 1. The summed E-state index contributed by atoms with van der Waals surface area (Å²) in [6.07, 6.45) is -4.51. The van der Waals surface area contributed by atoms with Gasteiger partial charge in [0.2, 0.25) is 0 Å². The molecule has 1 heterocycles. The van der Waals surface area contributed by atoms with E-state index in [1.165, 1.54) is 6.07 Å². The molecule has 1 aliphatic rings. The van der Waals surface area contributed by atoms with Crippen molar-refractivity contribution in [3.05, 3.63) is 137 Å². The van der Waals surface area contributed by atoms with Gasteiger partial charge < -0.3 is 0 Å². The Hall–Kier alpha value is -3.06. The zero-order valence-corrected chi connectivity index (χ0v) is 22.5. The van der Waals surface area contributed by atoms with Gasteiger partial charge in [-0.05, 0) is 0 Å². The van der Waals surface area contributed by atoms with E-state index in [0.29, 0.717) is 28.0 Å². The number of carbonyl (C=O) groups excluding carboxylic acids is 1. The predicted molar refractivity (Wildman–Crippen MR) is 138 cm³/mol. The Kier molecular flexibility index (Phi) is 6.93. The Labute approximate surface area is 213 Å². The van der Waals surface area contributed by atoms with Gasteiger partial charge in [0.15, 0.2) is 0 Å². The normalized spacial score (nSPS) is 13.4. The van der Waals surface area contributed by atoms with Gasteiger partial charge in [-0.25, -0.2) is 0 Å². The summed E-state index contributed by atoms with van der Waals surface area (Å²) in [5, 5.41) is 2.71. The Morgan fingerprint density at radius 1 is 0.694 bits per heavy atom. The second-order valence-corrected chi connectivity index (χ2v) is 21.4. The number of amides is 1. The number of hydrogen-bond donors (Lipinski definition) is 1. The Morgan fingerprint density at radius 2 is 1.14 bits per heavy atom. The number of alkyl halides is 3. The fourth-order valence-electron chi connectivity index (χ4n) is 5.38. The Bertz CT molecular complexity index is 1250. The van der Waals surface area contributed by atoms with E-state index in [0.717, 1.165) is 16.7 Å². The Balaban J connectivity index is 1.79. The van der Waals surface area contributed by atoms with Crippen LogP contribution in [0.1, 0.15) is 38.2 Å². The van der Waals surface area contributed by atoms with E-state index in [9.17, 15) is 18.0 Å². The summed E-state index contributed by atoms with van der Waals surface area (Å²) in [4.78, 5) is 12.6. The Morgan fingerprint density at radius 3 is 1.56 bits per heavy atom. The van der Waals surface area contributed by atoms with E-state index in [4.69, 9.17) is 0 Å². The van der Waals surface area contributed by atoms with Gasteiger partial charge in [-0.3, -0.25) is 0 Å². The molecule has 0 atom stereocenters. The predicted octanol–water partition coefficient (Wildman–Crippen LogP) is 5.95. The molecule has 6 heteroatoms. The van der Waals surface area contributed by atoms with Crippen molar-refractivity contribution in [2.45, 2.75) is 26.0 Å². The van der Waals surface area contributed by atoms with Gasteiger partial charge in [0.25, 0.3) is 0 Å². The number of fused-ring (bicyclic) bond motifs is 1. The van der Waals surface area contributed by atoms with Gasteiger partial charge in [0, 0.05) is 0 Å². The molecule has 0 bridgehead atoms. The second kappa shape index (κ2) is 10.1. The number of benzene rings is 4. The first-order chi connectivity index (χ1) is 17.3. The van der Waals surface area contributed by atoms with Crippen LogP contribution in [0.4, 0.5) is 13.2 Å². The molecule has 4 aromatic rings. The maximum atomic E-state index is 14.7. The van der Waals surface area contributed by atoms with Crippen molar-refractivity contribution in [1.82, 2.24) is 5.32 Å². The van der Waals surface area contributed by atoms with E-state index in [-0.39, 0.29) is 12.5 Å². The van der Waals surface area contributed by atoms with Gasteiger partial charge >= 0.3 is 214 Å². The molecule has 36 heavy (non-hydrogen) atoms. The summed E-state index contributed by atoms with van der Waals surface area (Å²) in [5.74, 6) is -0.292. The molecule has 1 N–H and O–H groups in total. The van der Waals surface area contributed by atoms with Crippen molar-refractivity contribution in [3.63, 3.8) is 0 Å². The third kappa shape index (κ3) is 5.21.